The lowest BCUT2D eigenvalue weighted by Crippen LogP contribution is -2.44. The van der Waals surface area contributed by atoms with Gasteiger partial charge in [0.15, 0.2) is 0 Å². The lowest BCUT2D eigenvalue weighted by atomic mass is 9.89. The van der Waals surface area contributed by atoms with Crippen molar-refractivity contribution >= 4 is 40.8 Å². The van der Waals surface area contributed by atoms with Gasteiger partial charge in [-0.2, -0.15) is 0 Å². The molecule has 0 saturated carbocycles. The van der Waals surface area contributed by atoms with Gasteiger partial charge in [0.05, 0.1) is 10.9 Å². The van der Waals surface area contributed by atoms with E-state index in [2.05, 4.69) is 5.32 Å². The predicted molar refractivity (Wildman–Crippen MR) is 116 cm³/mol. The monoisotopic (exact) mass is 445 g/mol. The molecule has 1 N–H and O–H groups in total. The number of aryl methyl sites for hydroxylation is 2. The molecule has 0 unspecified atom stereocenters. The second-order valence-corrected chi connectivity index (χ2v) is 9.70. The van der Waals surface area contributed by atoms with Gasteiger partial charge in [-0.05, 0) is 61.9 Å². The lowest BCUT2D eigenvalue weighted by molar-refractivity contribution is -0.139. The Labute approximate surface area is 184 Å². The largest absolute Gasteiger partial charge is 0.336 e. The molecule has 1 saturated heterocycles. The molecular weight excluding hydrogens is 422 g/mol. The molecule has 4 amide bonds. The highest BCUT2D eigenvalue weighted by atomic mass is 35.5. The average Bonchev–Trinajstić information content (AvgIpc) is 3.41. The number of halogens is 1. The minimum Gasteiger partial charge on any atom is -0.336 e. The standard InChI is InChI=1S/C22H24ClN3O3S/c1-3-25(12-17-9-10-18(23)30-17)19(27)13-26-20(28)22(2,24-21(26)29)16-8-7-14-5-4-6-15(14)11-16/h7-11H,3-6,12-13H2,1-2H3,(H,24,29)/t22-/m1/s1. The van der Waals surface area contributed by atoms with Crippen LogP contribution < -0.4 is 5.32 Å². The second kappa shape index (κ2) is 8.04. The van der Waals surface area contributed by atoms with Crippen LogP contribution in [0.25, 0.3) is 0 Å². The Morgan fingerprint density at radius 1 is 1.23 bits per heavy atom. The number of rotatable bonds is 6. The third-order valence-electron chi connectivity index (χ3n) is 5.95. The van der Waals surface area contributed by atoms with Crippen LogP contribution in [-0.2, 0) is 34.5 Å². The Hall–Kier alpha value is -2.38. The molecule has 0 bridgehead atoms. The van der Waals surface area contributed by atoms with E-state index in [-0.39, 0.29) is 12.5 Å². The maximum atomic E-state index is 13.2. The number of fused-ring (bicyclic) bond motifs is 1. The summed E-state index contributed by atoms with van der Waals surface area (Å²) >= 11 is 7.39. The maximum absolute atomic E-state index is 13.2. The number of thiophene rings is 1. The summed E-state index contributed by atoms with van der Waals surface area (Å²) in [5, 5.41) is 2.80. The predicted octanol–water partition coefficient (Wildman–Crippen LogP) is 3.71. The fourth-order valence-corrected chi connectivity index (χ4v) is 5.26. The van der Waals surface area contributed by atoms with E-state index in [1.165, 1.54) is 22.5 Å². The van der Waals surface area contributed by atoms with Crippen molar-refractivity contribution in [1.29, 1.82) is 0 Å². The second-order valence-electron chi connectivity index (χ2n) is 7.90. The van der Waals surface area contributed by atoms with Gasteiger partial charge in [-0.3, -0.25) is 14.5 Å². The van der Waals surface area contributed by atoms with Crippen LogP contribution >= 0.6 is 22.9 Å². The molecule has 158 valence electrons. The molecule has 1 aromatic carbocycles. The van der Waals surface area contributed by atoms with Gasteiger partial charge >= 0.3 is 6.03 Å². The molecule has 6 nitrogen and oxygen atoms in total. The van der Waals surface area contributed by atoms with E-state index < -0.39 is 17.5 Å². The first kappa shape index (κ1) is 20.9. The molecule has 1 aliphatic heterocycles. The van der Waals surface area contributed by atoms with Crippen molar-refractivity contribution in [2.75, 3.05) is 13.1 Å². The van der Waals surface area contributed by atoms with E-state index in [4.69, 9.17) is 11.6 Å². The Morgan fingerprint density at radius 3 is 2.70 bits per heavy atom. The smallest absolute Gasteiger partial charge is 0.325 e. The van der Waals surface area contributed by atoms with Gasteiger partial charge in [0.2, 0.25) is 5.91 Å². The summed E-state index contributed by atoms with van der Waals surface area (Å²) in [5.41, 5.74) is 2.14. The van der Waals surface area contributed by atoms with Gasteiger partial charge in [0, 0.05) is 11.4 Å². The Balaban J connectivity index is 1.50. The SMILES string of the molecule is CCN(Cc1ccc(Cl)s1)C(=O)CN1C(=O)N[C@](C)(c2ccc3c(c2)CCC3)C1=O. The molecule has 4 rings (SSSR count). The topological polar surface area (TPSA) is 69.7 Å². The van der Waals surface area contributed by atoms with Crippen LogP contribution in [0.2, 0.25) is 4.34 Å². The molecular formula is C22H24ClN3O3S. The highest BCUT2D eigenvalue weighted by molar-refractivity contribution is 7.16. The van der Waals surface area contributed by atoms with Gasteiger partial charge in [0.1, 0.15) is 12.1 Å². The average molecular weight is 446 g/mol. The molecule has 2 aromatic rings. The van der Waals surface area contributed by atoms with Gasteiger partial charge in [-0.25, -0.2) is 4.79 Å². The summed E-state index contributed by atoms with van der Waals surface area (Å²) in [4.78, 5) is 42.3. The van der Waals surface area contributed by atoms with Gasteiger partial charge in [0.25, 0.3) is 5.91 Å². The third-order valence-corrected chi connectivity index (χ3v) is 7.17. The zero-order valence-corrected chi connectivity index (χ0v) is 18.6. The van der Waals surface area contributed by atoms with E-state index in [1.54, 1.807) is 17.9 Å². The highest BCUT2D eigenvalue weighted by Crippen LogP contribution is 2.32. The first-order valence-electron chi connectivity index (χ1n) is 10.1. The Kier molecular flexibility index (Phi) is 5.59. The fourth-order valence-electron chi connectivity index (χ4n) is 4.16. The molecule has 1 atom stereocenters. The quantitative estimate of drug-likeness (QED) is 0.689. The van der Waals surface area contributed by atoms with Crippen LogP contribution in [0.1, 0.15) is 41.8 Å². The van der Waals surface area contributed by atoms with E-state index in [9.17, 15) is 14.4 Å². The van der Waals surface area contributed by atoms with Crippen molar-refractivity contribution in [3.63, 3.8) is 0 Å². The van der Waals surface area contributed by atoms with E-state index in [0.29, 0.717) is 17.4 Å². The van der Waals surface area contributed by atoms with Crippen molar-refractivity contribution in [2.24, 2.45) is 0 Å². The first-order valence-corrected chi connectivity index (χ1v) is 11.3. The van der Waals surface area contributed by atoms with E-state index >= 15 is 0 Å². The third kappa shape index (κ3) is 3.72. The molecule has 2 heterocycles. The minimum atomic E-state index is -1.16. The van der Waals surface area contributed by atoms with E-state index in [1.807, 2.05) is 31.2 Å². The van der Waals surface area contributed by atoms with Crippen LogP contribution in [0, 0.1) is 0 Å². The number of nitrogens with zero attached hydrogens (tertiary/aromatic N) is 2. The number of carbonyl (C=O) groups is 3. The maximum Gasteiger partial charge on any atom is 0.325 e. The normalized spacial score (nSPS) is 20.4. The number of carbonyl (C=O) groups excluding carboxylic acids is 3. The number of likely N-dealkylation sites (N-methyl/N-ethyl adjacent to an activating group) is 1. The minimum absolute atomic E-state index is 0.274. The van der Waals surface area contributed by atoms with Crippen LogP contribution in [-0.4, -0.2) is 40.7 Å². The summed E-state index contributed by atoms with van der Waals surface area (Å²) in [6, 6.07) is 9.10. The Bertz CT molecular complexity index is 1020. The van der Waals surface area contributed by atoms with E-state index in [0.717, 1.165) is 34.6 Å². The molecule has 1 aromatic heterocycles. The molecule has 0 spiro atoms. The van der Waals surface area contributed by atoms with Crippen LogP contribution in [0.15, 0.2) is 30.3 Å². The van der Waals surface area contributed by atoms with Crippen molar-refractivity contribution in [3.8, 4) is 0 Å². The summed E-state index contributed by atoms with van der Waals surface area (Å²) < 4.78 is 0.660. The number of imide groups is 1. The number of hydrogen-bond acceptors (Lipinski definition) is 4. The molecule has 2 aliphatic rings. The van der Waals surface area contributed by atoms with Gasteiger partial charge in [-0.1, -0.05) is 29.8 Å². The molecule has 1 aliphatic carbocycles. The zero-order valence-electron chi connectivity index (χ0n) is 17.0. The van der Waals surface area contributed by atoms with Crippen molar-refractivity contribution in [3.05, 3.63) is 56.2 Å². The zero-order chi connectivity index (χ0) is 21.5. The number of hydrogen-bond donors (Lipinski definition) is 1. The summed E-state index contributed by atoms with van der Waals surface area (Å²) in [7, 11) is 0. The summed E-state index contributed by atoms with van der Waals surface area (Å²) in [5.74, 6) is -0.669. The van der Waals surface area contributed by atoms with Crippen molar-refractivity contribution in [1.82, 2.24) is 15.1 Å². The van der Waals surface area contributed by atoms with Gasteiger partial charge in [-0.15, -0.1) is 11.3 Å². The van der Waals surface area contributed by atoms with Crippen LogP contribution in [0.4, 0.5) is 4.79 Å². The molecule has 30 heavy (non-hydrogen) atoms. The van der Waals surface area contributed by atoms with Crippen LogP contribution in [0.5, 0.6) is 0 Å². The number of urea groups is 1. The molecule has 0 radical (unpaired) electrons. The summed E-state index contributed by atoms with van der Waals surface area (Å²) in [6.07, 6.45) is 3.15. The Morgan fingerprint density at radius 2 is 2.00 bits per heavy atom. The van der Waals surface area contributed by atoms with Crippen LogP contribution in [0.3, 0.4) is 0 Å². The first-order chi connectivity index (χ1) is 14.3. The number of nitrogens with one attached hydrogen (secondary N) is 1. The summed E-state index contributed by atoms with van der Waals surface area (Å²) in [6.45, 7) is 4.17. The fraction of sp³-hybridized carbons (Fsp3) is 0.409. The molecule has 1 fully saturated rings. The highest BCUT2D eigenvalue weighted by Gasteiger charge is 2.49. The van der Waals surface area contributed by atoms with Crippen molar-refractivity contribution in [2.45, 2.75) is 45.2 Å². The number of amides is 4. The van der Waals surface area contributed by atoms with Gasteiger partial charge < -0.3 is 10.2 Å². The molecule has 8 heteroatoms. The lowest BCUT2D eigenvalue weighted by Gasteiger charge is -2.24. The van der Waals surface area contributed by atoms with Crippen molar-refractivity contribution < 1.29 is 14.4 Å². The number of benzene rings is 1.